The van der Waals surface area contributed by atoms with Gasteiger partial charge >= 0.3 is 5.69 Å². The summed E-state index contributed by atoms with van der Waals surface area (Å²) in [6, 6.07) is 16.4. The number of rotatable bonds is 4. The highest BCUT2D eigenvalue weighted by molar-refractivity contribution is 6.30. The topological polar surface area (TPSA) is 99.5 Å². The number of nitrogens with zero attached hydrogens (tertiary/aromatic N) is 2. The minimum absolute atomic E-state index is 0.000468. The number of nitrogens with one attached hydrogen (secondary N) is 2. The van der Waals surface area contributed by atoms with Crippen LogP contribution in [0.2, 0.25) is 5.02 Å². The molecule has 1 aliphatic heterocycles. The van der Waals surface area contributed by atoms with Crippen LogP contribution in [0.15, 0.2) is 69.3 Å². The fourth-order valence-corrected chi connectivity index (χ4v) is 3.34. The molecule has 1 aliphatic rings. The van der Waals surface area contributed by atoms with E-state index in [2.05, 4.69) is 15.5 Å². The van der Waals surface area contributed by atoms with Gasteiger partial charge in [0, 0.05) is 11.4 Å². The minimum Gasteiger partial charge on any atom is -0.494 e. The maximum atomic E-state index is 12.4. The van der Waals surface area contributed by atoms with Crippen LogP contribution in [0.1, 0.15) is 29.2 Å². The molecule has 1 aromatic heterocycles. The standard InChI is InChI=1S/C20H17ClN4O3/c21-14-8-6-13(7-9-14)15-10-16(24-23-15)17-18(26)22-20(28)25(19(17)27)11-12-4-2-1-3-5-12/h1-9,15,23,27H,10-11H2,(H,22,26,28)/t15-/m1/s1. The fourth-order valence-electron chi connectivity index (χ4n) is 3.22. The van der Waals surface area contributed by atoms with Crippen molar-refractivity contribution in [2.75, 3.05) is 0 Å². The molecule has 142 valence electrons. The Morgan fingerprint density at radius 2 is 1.82 bits per heavy atom. The number of hydrazone groups is 1. The van der Waals surface area contributed by atoms with Crippen LogP contribution in [0.4, 0.5) is 0 Å². The third kappa shape index (κ3) is 3.44. The van der Waals surface area contributed by atoms with Gasteiger partial charge in [-0.1, -0.05) is 54.1 Å². The van der Waals surface area contributed by atoms with Gasteiger partial charge < -0.3 is 10.5 Å². The van der Waals surface area contributed by atoms with Crippen molar-refractivity contribution in [1.82, 2.24) is 15.0 Å². The van der Waals surface area contributed by atoms with E-state index in [1.807, 2.05) is 42.5 Å². The molecule has 8 heteroatoms. The Morgan fingerprint density at radius 1 is 1.11 bits per heavy atom. The molecule has 0 spiro atoms. The number of hydrogen-bond acceptors (Lipinski definition) is 5. The van der Waals surface area contributed by atoms with Gasteiger partial charge in [-0.15, -0.1) is 0 Å². The van der Waals surface area contributed by atoms with Gasteiger partial charge in [0.1, 0.15) is 5.56 Å². The SMILES string of the molecule is O=c1[nH]c(=O)n(Cc2ccccc2)c(O)c1C1=NN[C@@H](c2ccc(Cl)cc2)C1. The van der Waals surface area contributed by atoms with Gasteiger partial charge in [0.2, 0.25) is 5.88 Å². The second-order valence-electron chi connectivity index (χ2n) is 6.53. The number of aromatic amines is 1. The molecule has 0 bridgehead atoms. The lowest BCUT2D eigenvalue weighted by Gasteiger charge is -2.12. The molecule has 0 saturated carbocycles. The first-order valence-electron chi connectivity index (χ1n) is 8.71. The average Bonchev–Trinajstić information content (AvgIpc) is 3.16. The second kappa shape index (κ2) is 7.36. The molecule has 2 aromatic carbocycles. The maximum Gasteiger partial charge on any atom is 0.331 e. The molecule has 1 atom stereocenters. The highest BCUT2D eigenvalue weighted by atomic mass is 35.5. The van der Waals surface area contributed by atoms with E-state index in [4.69, 9.17) is 11.6 Å². The summed E-state index contributed by atoms with van der Waals surface area (Å²) in [4.78, 5) is 26.9. The number of benzene rings is 2. The van der Waals surface area contributed by atoms with Crippen molar-refractivity contribution in [3.05, 3.63) is 97.1 Å². The van der Waals surface area contributed by atoms with E-state index in [0.29, 0.717) is 17.2 Å². The molecule has 7 nitrogen and oxygen atoms in total. The smallest absolute Gasteiger partial charge is 0.331 e. The molecule has 0 aliphatic carbocycles. The second-order valence-corrected chi connectivity index (χ2v) is 6.96. The quantitative estimate of drug-likeness (QED) is 0.630. The summed E-state index contributed by atoms with van der Waals surface area (Å²) in [5, 5.41) is 15.5. The first kappa shape index (κ1) is 18.1. The van der Waals surface area contributed by atoms with E-state index in [-0.39, 0.29) is 18.2 Å². The van der Waals surface area contributed by atoms with E-state index in [0.717, 1.165) is 15.7 Å². The number of aromatic hydroxyl groups is 1. The number of H-pyrrole nitrogens is 1. The lowest BCUT2D eigenvalue weighted by atomic mass is 10.00. The van der Waals surface area contributed by atoms with Gasteiger partial charge in [-0.05, 0) is 23.3 Å². The van der Waals surface area contributed by atoms with E-state index < -0.39 is 17.1 Å². The summed E-state index contributed by atoms with van der Waals surface area (Å²) < 4.78 is 1.13. The Hall–Kier alpha value is -3.32. The van der Waals surface area contributed by atoms with Gasteiger partial charge in [-0.3, -0.25) is 14.3 Å². The normalized spacial score (nSPS) is 15.9. The summed E-state index contributed by atoms with van der Waals surface area (Å²) >= 11 is 5.92. The lowest BCUT2D eigenvalue weighted by Crippen LogP contribution is -2.34. The van der Waals surface area contributed by atoms with Crippen LogP contribution in [0.5, 0.6) is 5.88 Å². The molecule has 0 amide bonds. The number of aromatic nitrogens is 2. The zero-order valence-corrected chi connectivity index (χ0v) is 15.5. The van der Waals surface area contributed by atoms with Crippen LogP contribution in [-0.2, 0) is 6.54 Å². The summed E-state index contributed by atoms with van der Waals surface area (Å²) in [5.41, 5.74) is 3.81. The molecule has 28 heavy (non-hydrogen) atoms. The molecule has 0 fully saturated rings. The Kier molecular flexibility index (Phi) is 4.75. The van der Waals surface area contributed by atoms with Crippen molar-refractivity contribution in [1.29, 1.82) is 0 Å². The molecular formula is C20H17ClN4O3. The highest BCUT2D eigenvalue weighted by Crippen LogP contribution is 2.27. The first-order valence-corrected chi connectivity index (χ1v) is 9.08. The Bertz CT molecular complexity index is 1150. The Morgan fingerprint density at radius 3 is 2.54 bits per heavy atom. The predicted molar refractivity (Wildman–Crippen MR) is 107 cm³/mol. The number of halogens is 1. The molecule has 3 aromatic rings. The van der Waals surface area contributed by atoms with Crippen molar-refractivity contribution in [2.45, 2.75) is 19.0 Å². The van der Waals surface area contributed by atoms with E-state index in [1.165, 1.54) is 0 Å². The first-order chi connectivity index (χ1) is 13.5. The summed E-state index contributed by atoms with van der Waals surface area (Å²) in [6.45, 7) is 0.136. The number of hydrogen-bond donors (Lipinski definition) is 3. The molecule has 3 N–H and O–H groups in total. The van der Waals surface area contributed by atoms with Gasteiger partial charge in [0.25, 0.3) is 5.56 Å². The third-order valence-electron chi connectivity index (χ3n) is 4.67. The highest BCUT2D eigenvalue weighted by Gasteiger charge is 2.27. The van der Waals surface area contributed by atoms with Gasteiger partial charge in [0.15, 0.2) is 0 Å². The van der Waals surface area contributed by atoms with Gasteiger partial charge in [-0.2, -0.15) is 5.10 Å². The van der Waals surface area contributed by atoms with Crippen LogP contribution >= 0.6 is 11.6 Å². The summed E-state index contributed by atoms with van der Waals surface area (Å²) in [6.07, 6.45) is 0.391. The predicted octanol–water partition coefficient (Wildman–Crippen LogP) is 2.38. The van der Waals surface area contributed by atoms with Crippen LogP contribution in [-0.4, -0.2) is 20.4 Å². The minimum atomic E-state index is -0.670. The molecular weight excluding hydrogens is 380 g/mol. The average molecular weight is 397 g/mol. The molecule has 0 radical (unpaired) electrons. The van der Waals surface area contributed by atoms with Crippen molar-refractivity contribution in [3.63, 3.8) is 0 Å². The summed E-state index contributed by atoms with van der Waals surface area (Å²) in [7, 11) is 0. The van der Waals surface area contributed by atoms with Crippen molar-refractivity contribution < 1.29 is 5.11 Å². The Labute approximate surface area is 164 Å². The van der Waals surface area contributed by atoms with Crippen molar-refractivity contribution >= 4 is 17.3 Å². The van der Waals surface area contributed by atoms with Crippen LogP contribution < -0.4 is 16.7 Å². The van der Waals surface area contributed by atoms with Gasteiger partial charge in [-0.25, -0.2) is 4.79 Å². The maximum absolute atomic E-state index is 12.4. The van der Waals surface area contributed by atoms with E-state index in [1.54, 1.807) is 12.1 Å². The zero-order chi connectivity index (χ0) is 19.7. The van der Waals surface area contributed by atoms with Crippen molar-refractivity contribution in [3.8, 4) is 5.88 Å². The van der Waals surface area contributed by atoms with Crippen molar-refractivity contribution in [2.24, 2.45) is 5.10 Å². The van der Waals surface area contributed by atoms with Crippen LogP contribution in [0, 0.1) is 0 Å². The molecule has 4 rings (SSSR count). The van der Waals surface area contributed by atoms with Crippen LogP contribution in [0.25, 0.3) is 0 Å². The largest absolute Gasteiger partial charge is 0.494 e. The Balaban J connectivity index is 1.66. The van der Waals surface area contributed by atoms with E-state index in [9.17, 15) is 14.7 Å². The molecule has 0 unspecified atom stereocenters. The van der Waals surface area contributed by atoms with Crippen LogP contribution in [0.3, 0.4) is 0 Å². The molecule has 2 heterocycles. The lowest BCUT2D eigenvalue weighted by molar-refractivity contribution is 0.408. The van der Waals surface area contributed by atoms with Gasteiger partial charge in [0.05, 0.1) is 18.3 Å². The monoisotopic (exact) mass is 396 g/mol. The molecule has 0 saturated heterocycles. The van der Waals surface area contributed by atoms with E-state index >= 15 is 0 Å². The zero-order valence-electron chi connectivity index (χ0n) is 14.7. The fraction of sp³-hybridized carbons (Fsp3) is 0.150. The third-order valence-corrected chi connectivity index (χ3v) is 4.92. The summed E-state index contributed by atoms with van der Waals surface area (Å²) in [5.74, 6) is -0.394.